The molecule has 0 aromatic heterocycles. The molecule has 6 atom stereocenters. The molecule has 0 saturated carbocycles. The summed E-state index contributed by atoms with van der Waals surface area (Å²) < 4.78 is 4.82. The fourth-order valence-corrected chi connectivity index (χ4v) is 9.53. The highest BCUT2D eigenvalue weighted by Crippen LogP contribution is 2.67. The number of aliphatic hydroxyl groups excluding tert-OH is 1. The third kappa shape index (κ3) is 5.00. The van der Waals surface area contributed by atoms with E-state index in [-0.39, 0.29) is 34.4 Å². The van der Waals surface area contributed by atoms with Crippen molar-refractivity contribution in [3.63, 3.8) is 0 Å². The average Bonchev–Trinajstić information content (AvgIpc) is 3.45. The van der Waals surface area contributed by atoms with Crippen LogP contribution in [0.4, 0.5) is 5.69 Å². The Hall–Kier alpha value is -1.78. The van der Waals surface area contributed by atoms with E-state index in [1.165, 1.54) is 0 Å². The predicted molar refractivity (Wildman–Crippen MR) is 144 cm³/mol. The summed E-state index contributed by atoms with van der Waals surface area (Å²) in [5, 5.41) is 15.4. The summed E-state index contributed by atoms with van der Waals surface area (Å²) in [7, 11) is 0. The van der Waals surface area contributed by atoms with Crippen LogP contribution in [0.15, 0.2) is 24.3 Å². The molecule has 3 amide bonds. The van der Waals surface area contributed by atoms with Gasteiger partial charge < -0.3 is 25.4 Å². The fourth-order valence-electron chi connectivity index (χ4n) is 5.92. The number of unbranched alkanes of at least 4 members (excludes halogenated alkanes) is 2. The van der Waals surface area contributed by atoms with E-state index in [2.05, 4.69) is 33.5 Å². The normalized spacial score (nSPS) is 30.4. The molecule has 3 unspecified atom stereocenters. The minimum atomic E-state index is -0.666. The number of nitrogens with zero attached hydrogens (tertiary/aromatic N) is 1. The summed E-state index contributed by atoms with van der Waals surface area (Å²) in [6, 6.07) is 6.54. The number of halogens is 1. The molecule has 3 aliphatic heterocycles. The fraction of sp³-hybridized carbons (Fsp3) is 0.654. The zero-order valence-electron chi connectivity index (χ0n) is 20.9. The average molecular weight is 583 g/mol. The molecule has 1 aromatic rings. The number of anilines is 1. The monoisotopic (exact) mass is 581 g/mol. The van der Waals surface area contributed by atoms with Gasteiger partial charge in [0.25, 0.3) is 0 Å². The van der Waals surface area contributed by atoms with E-state index in [4.69, 9.17) is 4.74 Å². The molecule has 4 rings (SSSR count). The van der Waals surface area contributed by atoms with Crippen molar-refractivity contribution in [2.75, 3.05) is 31.6 Å². The molecular weight excluding hydrogens is 546 g/mol. The van der Waals surface area contributed by atoms with Crippen LogP contribution in [-0.4, -0.2) is 74.9 Å². The van der Waals surface area contributed by atoms with Crippen molar-refractivity contribution in [3.8, 4) is 5.75 Å². The highest BCUT2D eigenvalue weighted by Gasteiger charge is 2.75. The minimum absolute atomic E-state index is 0.0239. The lowest BCUT2D eigenvalue weighted by molar-refractivity contribution is -0.139. The number of nitrogens with one attached hydrogen (secondary N) is 2. The van der Waals surface area contributed by atoms with Gasteiger partial charge in [0.15, 0.2) is 0 Å². The number of ether oxygens (including phenoxy) is 1. The van der Waals surface area contributed by atoms with Gasteiger partial charge in [-0.25, -0.2) is 0 Å². The smallest absolute Gasteiger partial charge is 0.244 e. The molecule has 198 valence electrons. The third-order valence-corrected chi connectivity index (χ3v) is 10.6. The van der Waals surface area contributed by atoms with Crippen LogP contribution >= 0.6 is 27.7 Å². The SMILES string of the molecule is CCCCCNC(=O)C1N(CCCO)C(=O)[C@@H]2[C@@H](C(=O)Nc3ccc(OCC)cc3)[C@@H]3SC12CC3Br. The number of thioether (sulfide) groups is 1. The Morgan fingerprint density at radius 2 is 1.94 bits per heavy atom. The molecule has 0 aliphatic carbocycles. The van der Waals surface area contributed by atoms with Gasteiger partial charge in [0, 0.05) is 35.5 Å². The molecule has 3 N–H and O–H groups in total. The highest BCUT2D eigenvalue weighted by atomic mass is 79.9. The van der Waals surface area contributed by atoms with Crippen LogP contribution in [0.2, 0.25) is 0 Å². The van der Waals surface area contributed by atoms with Gasteiger partial charge in [-0.2, -0.15) is 0 Å². The zero-order valence-corrected chi connectivity index (χ0v) is 23.3. The maximum Gasteiger partial charge on any atom is 0.244 e. The Morgan fingerprint density at radius 3 is 2.61 bits per heavy atom. The Morgan fingerprint density at radius 1 is 1.19 bits per heavy atom. The number of benzene rings is 1. The second kappa shape index (κ2) is 11.7. The number of alkyl halides is 1. The number of carbonyl (C=O) groups excluding carboxylic acids is 3. The second-order valence-corrected chi connectivity index (χ2v) is 12.4. The first kappa shape index (κ1) is 27.3. The molecule has 2 bridgehead atoms. The van der Waals surface area contributed by atoms with E-state index in [1.807, 2.05) is 6.92 Å². The molecule has 3 saturated heterocycles. The molecule has 10 heteroatoms. The van der Waals surface area contributed by atoms with E-state index in [9.17, 15) is 19.5 Å². The lowest BCUT2D eigenvalue weighted by Crippen LogP contribution is -2.54. The van der Waals surface area contributed by atoms with E-state index in [0.717, 1.165) is 25.0 Å². The molecule has 1 spiro atoms. The van der Waals surface area contributed by atoms with Gasteiger partial charge in [0.1, 0.15) is 11.8 Å². The van der Waals surface area contributed by atoms with Crippen molar-refractivity contribution in [3.05, 3.63) is 24.3 Å². The molecule has 36 heavy (non-hydrogen) atoms. The van der Waals surface area contributed by atoms with Gasteiger partial charge in [0.05, 0.1) is 23.2 Å². The summed E-state index contributed by atoms with van der Waals surface area (Å²) in [6.45, 7) is 5.39. The number of hydrogen-bond donors (Lipinski definition) is 3. The van der Waals surface area contributed by atoms with Crippen LogP contribution in [0, 0.1) is 11.8 Å². The summed E-state index contributed by atoms with van der Waals surface area (Å²) in [5.41, 5.74) is 0.643. The van der Waals surface area contributed by atoms with Crippen LogP contribution in [0.25, 0.3) is 0 Å². The Labute approximate surface area is 225 Å². The second-order valence-electron chi connectivity index (χ2n) is 9.72. The van der Waals surface area contributed by atoms with E-state index in [1.54, 1.807) is 40.9 Å². The molecular formula is C26H36BrN3O5S. The number of likely N-dealkylation sites (tertiary alicyclic amines) is 1. The van der Waals surface area contributed by atoms with Gasteiger partial charge >= 0.3 is 0 Å². The quantitative estimate of drug-likeness (QED) is 0.258. The maximum absolute atomic E-state index is 13.8. The predicted octanol–water partition coefficient (Wildman–Crippen LogP) is 3.18. The number of fused-ring (bicyclic) bond motifs is 1. The molecule has 3 aliphatic rings. The van der Waals surface area contributed by atoms with Gasteiger partial charge in [-0.3, -0.25) is 14.4 Å². The van der Waals surface area contributed by atoms with Crippen LogP contribution < -0.4 is 15.4 Å². The summed E-state index contributed by atoms with van der Waals surface area (Å²) in [5.74, 6) is -0.912. The summed E-state index contributed by atoms with van der Waals surface area (Å²) in [6.07, 6.45) is 4.01. The highest BCUT2D eigenvalue weighted by molar-refractivity contribution is 9.09. The molecule has 3 heterocycles. The topological polar surface area (TPSA) is 108 Å². The first-order valence-corrected chi connectivity index (χ1v) is 14.7. The molecule has 3 fully saturated rings. The van der Waals surface area contributed by atoms with Gasteiger partial charge in [-0.05, 0) is 50.5 Å². The standard InChI is InChI=1S/C26H36BrN3O5S/c1-3-5-6-12-28-24(33)22-26-15-18(27)21(36-26)19(20(26)25(34)30(22)13-7-14-31)23(32)29-16-8-10-17(11-9-16)35-4-2/h8-11,18-22,31H,3-7,12-15H2,1-2H3,(H,28,33)(H,29,32)/t18?,19-,20+,21-,22?,26?/m1/s1. The van der Waals surface area contributed by atoms with Crippen molar-refractivity contribution in [1.82, 2.24) is 10.2 Å². The van der Waals surface area contributed by atoms with Crippen LogP contribution in [0.3, 0.4) is 0 Å². The Bertz CT molecular complexity index is 963. The van der Waals surface area contributed by atoms with Crippen molar-refractivity contribution in [2.24, 2.45) is 11.8 Å². The zero-order chi connectivity index (χ0) is 25.9. The van der Waals surface area contributed by atoms with Gasteiger partial charge in [-0.15, -0.1) is 11.8 Å². The number of hydrogen-bond acceptors (Lipinski definition) is 6. The van der Waals surface area contributed by atoms with Crippen molar-refractivity contribution >= 4 is 51.1 Å². The van der Waals surface area contributed by atoms with Crippen LogP contribution in [0.5, 0.6) is 5.75 Å². The lowest BCUT2D eigenvalue weighted by atomic mass is 9.70. The van der Waals surface area contributed by atoms with Crippen LogP contribution in [-0.2, 0) is 14.4 Å². The first-order valence-electron chi connectivity index (χ1n) is 12.9. The number of amides is 3. The Kier molecular flexibility index (Phi) is 8.88. The minimum Gasteiger partial charge on any atom is -0.494 e. The number of rotatable bonds is 12. The third-order valence-electron chi connectivity index (χ3n) is 7.41. The van der Waals surface area contributed by atoms with Crippen LogP contribution in [0.1, 0.15) is 46.0 Å². The van der Waals surface area contributed by atoms with Crippen molar-refractivity contribution < 1.29 is 24.2 Å². The molecule has 8 nitrogen and oxygen atoms in total. The maximum atomic E-state index is 13.8. The van der Waals surface area contributed by atoms with Gasteiger partial charge in [-0.1, -0.05) is 35.7 Å². The summed E-state index contributed by atoms with van der Waals surface area (Å²) in [4.78, 5) is 42.6. The Balaban J connectivity index is 1.58. The largest absolute Gasteiger partial charge is 0.494 e. The van der Waals surface area contributed by atoms with Gasteiger partial charge in [0.2, 0.25) is 17.7 Å². The van der Waals surface area contributed by atoms with E-state index >= 15 is 0 Å². The molecule has 1 aromatic carbocycles. The van der Waals surface area contributed by atoms with Crippen molar-refractivity contribution in [1.29, 1.82) is 0 Å². The number of carbonyl (C=O) groups is 3. The van der Waals surface area contributed by atoms with E-state index in [0.29, 0.717) is 38.2 Å². The van der Waals surface area contributed by atoms with Crippen molar-refractivity contribution in [2.45, 2.75) is 66.8 Å². The van der Waals surface area contributed by atoms with E-state index < -0.39 is 22.6 Å². The lowest BCUT2D eigenvalue weighted by Gasteiger charge is -2.35. The first-order chi connectivity index (χ1) is 17.4. The molecule has 0 radical (unpaired) electrons. The summed E-state index contributed by atoms with van der Waals surface area (Å²) >= 11 is 5.39. The number of aliphatic hydroxyl groups is 1.